The highest BCUT2D eigenvalue weighted by molar-refractivity contribution is 14.1. The average Bonchev–Trinajstić information content (AvgIpc) is 3.01. The van der Waals surface area contributed by atoms with Crippen LogP contribution in [0.3, 0.4) is 0 Å². The molecular formula is C15H10FIN6. The summed E-state index contributed by atoms with van der Waals surface area (Å²) in [5, 5.41) is 8.44. The van der Waals surface area contributed by atoms with Crippen LogP contribution in [0.4, 0.5) is 15.9 Å². The molecule has 0 saturated carbocycles. The molecule has 0 saturated heterocycles. The van der Waals surface area contributed by atoms with E-state index < -0.39 is 5.82 Å². The maximum atomic E-state index is 13.7. The van der Waals surface area contributed by atoms with E-state index >= 15 is 0 Å². The van der Waals surface area contributed by atoms with Crippen LogP contribution in [0.2, 0.25) is 0 Å². The largest absolute Gasteiger partial charge is 0.329 e. The van der Waals surface area contributed by atoms with Crippen LogP contribution in [0.25, 0.3) is 16.8 Å². The number of fused-ring (bicyclic) bond motifs is 3. The molecule has 0 fully saturated rings. The number of aromatic nitrogens is 5. The summed E-state index contributed by atoms with van der Waals surface area (Å²) in [6.45, 7) is 0. The van der Waals surface area contributed by atoms with Gasteiger partial charge in [-0.3, -0.25) is 0 Å². The number of pyridine rings is 1. The van der Waals surface area contributed by atoms with Crippen molar-refractivity contribution in [2.45, 2.75) is 0 Å². The van der Waals surface area contributed by atoms with E-state index in [1.165, 1.54) is 18.6 Å². The van der Waals surface area contributed by atoms with E-state index in [0.717, 1.165) is 9.26 Å². The maximum Gasteiger partial charge on any atom is 0.258 e. The Balaban J connectivity index is 2.02. The molecule has 0 aliphatic heterocycles. The van der Waals surface area contributed by atoms with Gasteiger partial charge >= 0.3 is 0 Å². The Labute approximate surface area is 144 Å². The second kappa shape index (κ2) is 5.37. The minimum Gasteiger partial charge on any atom is -0.329 e. The highest BCUT2D eigenvalue weighted by Gasteiger charge is 2.16. The number of benzene rings is 1. The Morgan fingerprint density at radius 2 is 2.13 bits per heavy atom. The first kappa shape index (κ1) is 14.2. The van der Waals surface area contributed by atoms with Gasteiger partial charge in [0.05, 0.1) is 11.6 Å². The molecule has 0 bridgehead atoms. The van der Waals surface area contributed by atoms with Crippen LogP contribution in [0, 0.1) is 9.39 Å². The molecule has 0 radical (unpaired) electrons. The fourth-order valence-electron chi connectivity index (χ4n) is 2.46. The molecule has 0 amide bonds. The average molecular weight is 420 g/mol. The summed E-state index contributed by atoms with van der Waals surface area (Å²) in [7, 11) is 1.88. The molecule has 23 heavy (non-hydrogen) atoms. The first-order valence-electron chi connectivity index (χ1n) is 6.78. The van der Waals surface area contributed by atoms with Crippen molar-refractivity contribution in [3.63, 3.8) is 0 Å². The van der Waals surface area contributed by atoms with Crippen LogP contribution in [0.15, 0.2) is 42.9 Å². The van der Waals surface area contributed by atoms with Gasteiger partial charge in [0.25, 0.3) is 5.78 Å². The fraction of sp³-hybridized carbons (Fsp3) is 0.0667. The first-order valence-corrected chi connectivity index (χ1v) is 7.85. The quantitative estimate of drug-likeness (QED) is 0.467. The number of anilines is 2. The molecule has 0 aliphatic rings. The summed E-state index contributed by atoms with van der Waals surface area (Å²) >= 11 is 2.25. The second-order valence-corrected chi connectivity index (χ2v) is 6.25. The molecule has 0 atom stereocenters. The molecule has 0 N–H and O–H groups in total. The molecule has 0 spiro atoms. The SMILES string of the molecule is CN(c1cccc(I)c1)c1nc2nncn2c2ncc(F)cc12. The van der Waals surface area contributed by atoms with E-state index in [-0.39, 0.29) is 0 Å². The standard InChI is InChI=1S/C15H10FIN6/c1-22(11-4-2-3-10(17)6-11)14-12-5-9(16)7-18-13(12)23-8-19-21-15(23)20-14/h2-8H,1H3. The zero-order valence-electron chi connectivity index (χ0n) is 12.0. The zero-order chi connectivity index (χ0) is 16.0. The van der Waals surface area contributed by atoms with Gasteiger partial charge in [-0.25, -0.2) is 13.8 Å². The highest BCUT2D eigenvalue weighted by Crippen LogP contribution is 2.30. The second-order valence-electron chi connectivity index (χ2n) is 5.00. The van der Waals surface area contributed by atoms with Crippen LogP contribution in [0.1, 0.15) is 0 Å². The van der Waals surface area contributed by atoms with Crippen molar-refractivity contribution >= 4 is 50.9 Å². The Morgan fingerprint density at radius 1 is 1.26 bits per heavy atom. The van der Waals surface area contributed by atoms with Crippen molar-refractivity contribution < 1.29 is 4.39 Å². The first-order chi connectivity index (χ1) is 11.1. The summed E-state index contributed by atoms with van der Waals surface area (Å²) < 4.78 is 16.5. The van der Waals surface area contributed by atoms with E-state index in [4.69, 9.17) is 0 Å². The number of hydrogen-bond donors (Lipinski definition) is 0. The van der Waals surface area contributed by atoms with E-state index in [9.17, 15) is 4.39 Å². The van der Waals surface area contributed by atoms with Gasteiger partial charge in [0.15, 0.2) is 5.65 Å². The summed E-state index contributed by atoms with van der Waals surface area (Å²) in [5.41, 5.74) is 1.51. The van der Waals surface area contributed by atoms with Crippen molar-refractivity contribution in [3.8, 4) is 0 Å². The van der Waals surface area contributed by atoms with Crippen molar-refractivity contribution in [2.24, 2.45) is 0 Å². The number of rotatable bonds is 2. The Bertz CT molecular complexity index is 1030. The molecule has 0 aliphatic carbocycles. The van der Waals surface area contributed by atoms with Crippen molar-refractivity contribution in [2.75, 3.05) is 11.9 Å². The summed E-state index contributed by atoms with van der Waals surface area (Å²) in [6.07, 6.45) is 2.70. The fourth-order valence-corrected chi connectivity index (χ4v) is 2.99. The van der Waals surface area contributed by atoms with Crippen LogP contribution in [-0.4, -0.2) is 31.6 Å². The highest BCUT2D eigenvalue weighted by atomic mass is 127. The normalized spacial score (nSPS) is 11.3. The smallest absolute Gasteiger partial charge is 0.258 e. The number of halogens is 2. The van der Waals surface area contributed by atoms with Gasteiger partial charge in [0.1, 0.15) is 18.0 Å². The molecule has 4 rings (SSSR count). The van der Waals surface area contributed by atoms with Gasteiger partial charge < -0.3 is 4.90 Å². The number of hydrogen-bond acceptors (Lipinski definition) is 5. The topological polar surface area (TPSA) is 59.2 Å². The van der Waals surface area contributed by atoms with E-state index in [1.807, 2.05) is 36.2 Å². The lowest BCUT2D eigenvalue weighted by molar-refractivity contribution is 0.623. The molecule has 3 heterocycles. The predicted octanol–water partition coefficient (Wildman–Crippen LogP) is 3.18. The molecule has 6 nitrogen and oxygen atoms in total. The van der Waals surface area contributed by atoms with Gasteiger partial charge in [-0.1, -0.05) is 6.07 Å². The Kier molecular flexibility index (Phi) is 3.33. The van der Waals surface area contributed by atoms with Crippen LogP contribution in [-0.2, 0) is 0 Å². The van der Waals surface area contributed by atoms with Crippen molar-refractivity contribution in [1.82, 2.24) is 24.6 Å². The van der Waals surface area contributed by atoms with Crippen LogP contribution in [0.5, 0.6) is 0 Å². The van der Waals surface area contributed by atoms with Crippen LogP contribution >= 0.6 is 22.6 Å². The molecular weight excluding hydrogens is 410 g/mol. The van der Waals surface area contributed by atoms with Gasteiger partial charge in [0.2, 0.25) is 0 Å². The minimum absolute atomic E-state index is 0.413. The third kappa shape index (κ3) is 2.38. The van der Waals surface area contributed by atoms with E-state index in [0.29, 0.717) is 22.6 Å². The molecule has 1 aromatic carbocycles. The van der Waals surface area contributed by atoms with Gasteiger partial charge in [-0.15, -0.1) is 10.2 Å². The molecule has 3 aromatic heterocycles. The third-order valence-electron chi connectivity index (χ3n) is 3.55. The van der Waals surface area contributed by atoms with E-state index in [2.05, 4.69) is 42.8 Å². The summed E-state index contributed by atoms with van der Waals surface area (Å²) in [5.74, 6) is 0.586. The Hall–Kier alpha value is -2.36. The van der Waals surface area contributed by atoms with Crippen LogP contribution < -0.4 is 4.90 Å². The molecule has 8 heteroatoms. The van der Waals surface area contributed by atoms with Gasteiger partial charge in [-0.2, -0.15) is 4.98 Å². The molecule has 0 unspecified atom stereocenters. The lowest BCUT2D eigenvalue weighted by Gasteiger charge is -2.20. The van der Waals surface area contributed by atoms with Crippen molar-refractivity contribution in [3.05, 3.63) is 52.2 Å². The Morgan fingerprint density at radius 3 is 2.96 bits per heavy atom. The zero-order valence-corrected chi connectivity index (χ0v) is 14.1. The number of nitrogens with zero attached hydrogens (tertiary/aromatic N) is 6. The maximum absolute atomic E-state index is 13.7. The van der Waals surface area contributed by atoms with Crippen molar-refractivity contribution in [1.29, 1.82) is 0 Å². The predicted molar refractivity (Wildman–Crippen MR) is 93.3 cm³/mol. The lowest BCUT2D eigenvalue weighted by Crippen LogP contribution is -2.13. The lowest BCUT2D eigenvalue weighted by atomic mass is 10.2. The molecule has 4 aromatic rings. The minimum atomic E-state index is -0.413. The molecule has 114 valence electrons. The van der Waals surface area contributed by atoms with E-state index in [1.54, 1.807) is 4.40 Å². The van der Waals surface area contributed by atoms with Gasteiger partial charge in [-0.05, 0) is 46.9 Å². The third-order valence-corrected chi connectivity index (χ3v) is 4.22. The monoisotopic (exact) mass is 420 g/mol. The summed E-state index contributed by atoms with van der Waals surface area (Å²) in [6, 6.07) is 9.39. The van der Waals surface area contributed by atoms with Gasteiger partial charge in [0, 0.05) is 16.3 Å². The summed E-state index contributed by atoms with van der Waals surface area (Å²) in [4.78, 5) is 10.6.